The lowest BCUT2D eigenvalue weighted by Crippen LogP contribution is -2.15. The van der Waals surface area contributed by atoms with Gasteiger partial charge < -0.3 is 10.5 Å². The van der Waals surface area contributed by atoms with Crippen LogP contribution in [0.15, 0.2) is 24.4 Å². The van der Waals surface area contributed by atoms with Crippen molar-refractivity contribution in [2.24, 2.45) is 0 Å². The van der Waals surface area contributed by atoms with E-state index in [1.165, 1.54) is 0 Å². The van der Waals surface area contributed by atoms with Crippen molar-refractivity contribution in [3.8, 4) is 0 Å². The summed E-state index contributed by atoms with van der Waals surface area (Å²) in [5, 5.41) is 0. The van der Waals surface area contributed by atoms with E-state index in [2.05, 4.69) is 15.0 Å². The largest absolute Gasteiger partial charge is 0.462 e. The predicted octanol–water partition coefficient (Wildman–Crippen LogP) is 1.53. The third-order valence-corrected chi connectivity index (χ3v) is 2.71. The number of carbonyl (C=O) groups excluding carboxylic acids is 1. The van der Waals surface area contributed by atoms with E-state index < -0.39 is 5.97 Å². The number of hydrogen-bond acceptors (Lipinski definition) is 6. The Labute approximate surface area is 117 Å². The van der Waals surface area contributed by atoms with E-state index in [4.69, 9.17) is 10.5 Å². The van der Waals surface area contributed by atoms with Crippen molar-refractivity contribution >= 4 is 11.8 Å². The van der Waals surface area contributed by atoms with Gasteiger partial charge in [0.1, 0.15) is 17.2 Å². The number of aromatic nitrogens is 3. The fourth-order valence-electron chi connectivity index (χ4n) is 1.85. The summed E-state index contributed by atoms with van der Waals surface area (Å²) in [6, 6.07) is 5.62. The summed E-state index contributed by atoms with van der Waals surface area (Å²) in [7, 11) is 0. The highest BCUT2D eigenvalue weighted by molar-refractivity contribution is 5.95. The second-order valence-corrected chi connectivity index (χ2v) is 4.20. The topological polar surface area (TPSA) is 91.0 Å². The molecule has 104 valence electrons. The van der Waals surface area contributed by atoms with Gasteiger partial charge in [-0.2, -0.15) is 0 Å². The van der Waals surface area contributed by atoms with E-state index in [1.807, 2.05) is 18.2 Å². The maximum atomic E-state index is 11.8. The maximum Gasteiger partial charge on any atom is 0.343 e. The zero-order valence-corrected chi connectivity index (χ0v) is 11.5. The molecule has 2 aromatic rings. The van der Waals surface area contributed by atoms with Crippen molar-refractivity contribution in [2.45, 2.75) is 20.3 Å². The average molecular weight is 272 g/mol. The van der Waals surface area contributed by atoms with Crippen LogP contribution in [0.3, 0.4) is 0 Å². The number of nitrogens with two attached hydrogens (primary N) is 1. The highest BCUT2D eigenvalue weighted by atomic mass is 16.5. The molecule has 0 spiro atoms. The second-order valence-electron chi connectivity index (χ2n) is 4.20. The average Bonchev–Trinajstić information content (AvgIpc) is 2.39. The summed E-state index contributed by atoms with van der Waals surface area (Å²) in [6.45, 7) is 3.74. The number of anilines is 1. The van der Waals surface area contributed by atoms with Gasteiger partial charge in [0.25, 0.3) is 0 Å². The molecular formula is C14H16N4O2. The molecule has 0 aromatic carbocycles. The summed E-state index contributed by atoms with van der Waals surface area (Å²) < 4.78 is 4.94. The molecule has 6 nitrogen and oxygen atoms in total. The summed E-state index contributed by atoms with van der Waals surface area (Å²) in [4.78, 5) is 24.4. The number of ether oxygens (including phenoxy) is 1. The van der Waals surface area contributed by atoms with Crippen LogP contribution in [0.4, 0.5) is 5.82 Å². The Morgan fingerprint density at radius 1 is 1.35 bits per heavy atom. The van der Waals surface area contributed by atoms with Crippen LogP contribution in [-0.2, 0) is 11.2 Å². The van der Waals surface area contributed by atoms with Crippen LogP contribution in [0, 0.1) is 6.92 Å². The smallest absolute Gasteiger partial charge is 0.343 e. The molecule has 2 rings (SSSR count). The number of aryl methyl sites for hydroxylation is 1. The molecule has 0 aliphatic rings. The quantitative estimate of drug-likeness (QED) is 0.849. The molecule has 6 heteroatoms. The first-order valence-electron chi connectivity index (χ1n) is 6.31. The molecule has 0 fully saturated rings. The van der Waals surface area contributed by atoms with Crippen LogP contribution in [-0.4, -0.2) is 27.5 Å². The molecule has 0 radical (unpaired) electrons. The summed E-state index contributed by atoms with van der Waals surface area (Å²) in [5.74, 6) is 0.181. The van der Waals surface area contributed by atoms with Crippen LogP contribution in [0.1, 0.15) is 34.5 Å². The first-order valence-corrected chi connectivity index (χ1v) is 6.31. The lowest BCUT2D eigenvalue weighted by atomic mass is 10.2. The van der Waals surface area contributed by atoms with Crippen molar-refractivity contribution in [3.05, 3.63) is 47.2 Å². The minimum Gasteiger partial charge on any atom is -0.462 e. The number of hydrogen-bond donors (Lipinski definition) is 1. The van der Waals surface area contributed by atoms with Crippen molar-refractivity contribution in [1.82, 2.24) is 15.0 Å². The van der Waals surface area contributed by atoms with Gasteiger partial charge in [0, 0.05) is 11.9 Å². The van der Waals surface area contributed by atoms with Crippen molar-refractivity contribution in [1.29, 1.82) is 0 Å². The molecule has 2 heterocycles. The van der Waals surface area contributed by atoms with Crippen LogP contribution >= 0.6 is 0 Å². The highest BCUT2D eigenvalue weighted by Crippen LogP contribution is 2.15. The predicted molar refractivity (Wildman–Crippen MR) is 74.2 cm³/mol. The lowest BCUT2D eigenvalue weighted by molar-refractivity contribution is 0.0526. The van der Waals surface area contributed by atoms with Gasteiger partial charge in [-0.25, -0.2) is 14.8 Å². The number of pyridine rings is 1. The molecule has 20 heavy (non-hydrogen) atoms. The number of rotatable bonds is 4. The third kappa shape index (κ3) is 3.09. The van der Waals surface area contributed by atoms with Gasteiger partial charge in [0.2, 0.25) is 0 Å². The Morgan fingerprint density at radius 3 is 2.75 bits per heavy atom. The van der Waals surface area contributed by atoms with Gasteiger partial charge in [0.05, 0.1) is 18.7 Å². The molecule has 0 aliphatic heterocycles. The number of carbonyl (C=O) groups is 1. The van der Waals surface area contributed by atoms with E-state index in [0.29, 0.717) is 17.9 Å². The molecule has 2 N–H and O–H groups in total. The van der Waals surface area contributed by atoms with E-state index in [1.54, 1.807) is 20.0 Å². The Bertz CT molecular complexity index is 591. The monoisotopic (exact) mass is 272 g/mol. The standard InChI is InChI=1S/C14H16N4O2/c1-3-20-14(19)12-9(2)17-11(18-13(12)15)8-10-6-4-5-7-16-10/h4-7H,3,8H2,1-2H3,(H2,15,17,18). The van der Waals surface area contributed by atoms with Crippen LogP contribution in [0.25, 0.3) is 0 Å². The first kappa shape index (κ1) is 13.9. The lowest BCUT2D eigenvalue weighted by Gasteiger charge is -2.09. The van der Waals surface area contributed by atoms with Gasteiger partial charge in [-0.15, -0.1) is 0 Å². The SMILES string of the molecule is CCOC(=O)c1c(C)nc(Cc2ccccn2)nc1N. The van der Waals surface area contributed by atoms with Crippen molar-refractivity contribution in [3.63, 3.8) is 0 Å². The van der Waals surface area contributed by atoms with Gasteiger partial charge in [-0.3, -0.25) is 4.98 Å². The van der Waals surface area contributed by atoms with Gasteiger partial charge in [0.15, 0.2) is 0 Å². The summed E-state index contributed by atoms with van der Waals surface area (Å²) in [6.07, 6.45) is 2.17. The van der Waals surface area contributed by atoms with E-state index in [9.17, 15) is 4.79 Å². The van der Waals surface area contributed by atoms with E-state index in [0.717, 1.165) is 5.69 Å². The molecule has 2 aromatic heterocycles. The zero-order chi connectivity index (χ0) is 14.5. The minimum absolute atomic E-state index is 0.141. The first-order chi connectivity index (χ1) is 9.61. The Balaban J connectivity index is 2.28. The molecule has 0 saturated heterocycles. The molecule has 0 unspecified atom stereocenters. The molecular weight excluding hydrogens is 256 g/mol. The van der Waals surface area contributed by atoms with Gasteiger partial charge in [-0.05, 0) is 26.0 Å². The van der Waals surface area contributed by atoms with Crippen LogP contribution < -0.4 is 5.73 Å². The molecule has 0 amide bonds. The number of nitrogen functional groups attached to an aromatic ring is 1. The molecule has 0 saturated carbocycles. The van der Waals surface area contributed by atoms with E-state index >= 15 is 0 Å². The zero-order valence-electron chi connectivity index (χ0n) is 11.5. The summed E-state index contributed by atoms with van der Waals surface area (Å²) >= 11 is 0. The maximum absolute atomic E-state index is 11.8. The van der Waals surface area contributed by atoms with Crippen LogP contribution in [0.2, 0.25) is 0 Å². The summed E-state index contributed by atoms with van der Waals surface area (Å²) in [5.41, 5.74) is 7.43. The van der Waals surface area contributed by atoms with Gasteiger partial charge in [-0.1, -0.05) is 6.07 Å². The van der Waals surface area contributed by atoms with Gasteiger partial charge >= 0.3 is 5.97 Å². The third-order valence-electron chi connectivity index (χ3n) is 2.71. The Morgan fingerprint density at radius 2 is 2.15 bits per heavy atom. The normalized spacial score (nSPS) is 10.3. The van der Waals surface area contributed by atoms with Crippen molar-refractivity contribution in [2.75, 3.05) is 12.3 Å². The fourth-order valence-corrected chi connectivity index (χ4v) is 1.85. The second kappa shape index (κ2) is 6.10. The molecule has 0 atom stereocenters. The molecule has 0 bridgehead atoms. The van der Waals surface area contributed by atoms with Crippen molar-refractivity contribution < 1.29 is 9.53 Å². The Hall–Kier alpha value is -2.50. The number of nitrogens with zero attached hydrogens (tertiary/aromatic N) is 3. The minimum atomic E-state index is -0.494. The van der Waals surface area contributed by atoms with E-state index in [-0.39, 0.29) is 18.0 Å². The highest BCUT2D eigenvalue weighted by Gasteiger charge is 2.18. The number of esters is 1. The molecule has 0 aliphatic carbocycles. The van der Waals surface area contributed by atoms with Crippen LogP contribution in [0.5, 0.6) is 0 Å². The fraction of sp³-hybridized carbons (Fsp3) is 0.286. The Kier molecular flexibility index (Phi) is 4.24.